The van der Waals surface area contributed by atoms with Crippen molar-refractivity contribution in [3.05, 3.63) is 127 Å². The van der Waals surface area contributed by atoms with E-state index in [0.717, 1.165) is 71.4 Å². The second kappa shape index (κ2) is 7.62. The van der Waals surface area contributed by atoms with Gasteiger partial charge in [-0.05, 0) is 47.5 Å². The number of rotatable bonds is 2. The van der Waals surface area contributed by atoms with Crippen LogP contribution in [0.1, 0.15) is 0 Å². The maximum atomic E-state index is 6.57. The molecule has 0 saturated heterocycles. The zero-order valence-electron chi connectivity index (χ0n) is 20.9. The fourth-order valence-electron chi connectivity index (χ4n) is 6.23. The second-order valence-corrected chi connectivity index (χ2v) is 10.1. The summed E-state index contributed by atoms with van der Waals surface area (Å²) in [6.07, 6.45) is 0. The summed E-state index contributed by atoms with van der Waals surface area (Å²) in [6.45, 7) is 0. The summed E-state index contributed by atoms with van der Waals surface area (Å²) in [5.41, 5.74) is 9.13. The summed E-state index contributed by atoms with van der Waals surface area (Å²) < 4.78 is 15.5. The Labute approximate surface area is 223 Å². The van der Waals surface area contributed by atoms with E-state index in [-0.39, 0.29) is 0 Å². The van der Waals surface area contributed by atoms with Gasteiger partial charge in [0.25, 0.3) is 0 Å². The molecule has 0 atom stereocenters. The molecule has 0 bridgehead atoms. The molecular weight excluding hydrogens is 478 g/mol. The smallest absolute Gasteiger partial charge is 0.160 e. The summed E-state index contributed by atoms with van der Waals surface area (Å²) in [7, 11) is 0. The van der Waals surface area contributed by atoms with Crippen molar-refractivity contribution < 1.29 is 8.83 Å². The molecule has 3 aromatic heterocycles. The molecule has 0 amide bonds. The molecule has 0 aliphatic rings. The fourth-order valence-corrected chi connectivity index (χ4v) is 6.23. The Kier molecular flexibility index (Phi) is 4.05. The standard InChI is InChI=1S/C36H21NO2/c1-2-8-22(9-3-1)23-14-16-24(17-15-23)37-33-27(18-20-29-25-10-4-6-12-31(25)38-35(29)33)28-19-21-30-26-11-5-7-13-32(26)39-36(30)34(28)37/h1-21H. The van der Waals surface area contributed by atoms with E-state index in [9.17, 15) is 0 Å². The first-order valence-electron chi connectivity index (χ1n) is 13.2. The summed E-state index contributed by atoms with van der Waals surface area (Å²) >= 11 is 0. The Morgan fingerprint density at radius 2 is 0.821 bits per heavy atom. The van der Waals surface area contributed by atoms with Crippen LogP contribution in [-0.2, 0) is 0 Å². The molecule has 0 unspecified atom stereocenters. The van der Waals surface area contributed by atoms with Gasteiger partial charge in [0.05, 0.1) is 11.0 Å². The number of benzene rings is 6. The van der Waals surface area contributed by atoms with E-state index in [0.29, 0.717) is 0 Å². The van der Waals surface area contributed by atoms with Gasteiger partial charge in [0.1, 0.15) is 11.2 Å². The predicted octanol–water partition coefficient (Wildman–Crippen LogP) is 10.2. The molecule has 3 heterocycles. The predicted molar refractivity (Wildman–Crippen MR) is 161 cm³/mol. The van der Waals surface area contributed by atoms with E-state index in [2.05, 4.69) is 102 Å². The zero-order chi connectivity index (χ0) is 25.5. The van der Waals surface area contributed by atoms with Gasteiger partial charge in [-0.25, -0.2) is 0 Å². The number of aromatic nitrogens is 1. The molecule has 9 aromatic rings. The van der Waals surface area contributed by atoms with Crippen LogP contribution >= 0.6 is 0 Å². The highest BCUT2D eigenvalue weighted by Crippen LogP contribution is 2.44. The van der Waals surface area contributed by atoms with Crippen LogP contribution < -0.4 is 0 Å². The second-order valence-electron chi connectivity index (χ2n) is 10.1. The SMILES string of the molecule is c1ccc(-c2ccc(-n3c4c(ccc5c6ccccc6oc54)c4ccc5c6ccccc6oc5c43)cc2)cc1. The van der Waals surface area contributed by atoms with E-state index in [1.807, 2.05) is 30.3 Å². The zero-order valence-corrected chi connectivity index (χ0v) is 20.9. The monoisotopic (exact) mass is 499 g/mol. The molecule has 0 fully saturated rings. The number of hydrogen-bond acceptors (Lipinski definition) is 2. The summed E-state index contributed by atoms with van der Waals surface area (Å²) in [6, 6.07) is 44.6. The third-order valence-electron chi connectivity index (χ3n) is 8.01. The highest BCUT2D eigenvalue weighted by atomic mass is 16.3. The van der Waals surface area contributed by atoms with Crippen molar-refractivity contribution in [1.82, 2.24) is 4.57 Å². The third kappa shape index (κ3) is 2.82. The van der Waals surface area contributed by atoms with Crippen molar-refractivity contribution in [2.45, 2.75) is 0 Å². The van der Waals surface area contributed by atoms with Crippen LogP contribution in [0.3, 0.4) is 0 Å². The van der Waals surface area contributed by atoms with Crippen LogP contribution in [0.4, 0.5) is 0 Å². The lowest BCUT2D eigenvalue weighted by molar-refractivity contribution is 0.669. The number of furan rings is 2. The van der Waals surface area contributed by atoms with Crippen molar-refractivity contribution >= 4 is 65.7 Å². The Morgan fingerprint density at radius 3 is 1.38 bits per heavy atom. The minimum Gasteiger partial charge on any atom is -0.454 e. The van der Waals surface area contributed by atoms with Gasteiger partial charge in [0, 0.05) is 38.0 Å². The lowest BCUT2D eigenvalue weighted by atomic mass is 10.1. The van der Waals surface area contributed by atoms with E-state index < -0.39 is 0 Å². The first kappa shape index (κ1) is 20.7. The molecule has 39 heavy (non-hydrogen) atoms. The quantitative estimate of drug-likeness (QED) is 0.237. The van der Waals surface area contributed by atoms with Gasteiger partial charge < -0.3 is 13.4 Å². The van der Waals surface area contributed by atoms with Crippen molar-refractivity contribution in [3.8, 4) is 16.8 Å². The maximum absolute atomic E-state index is 6.57. The molecule has 0 aliphatic carbocycles. The summed E-state index contributed by atoms with van der Waals surface area (Å²) in [4.78, 5) is 0. The lowest BCUT2D eigenvalue weighted by Gasteiger charge is -2.10. The molecule has 0 radical (unpaired) electrons. The van der Waals surface area contributed by atoms with Crippen molar-refractivity contribution in [2.24, 2.45) is 0 Å². The maximum Gasteiger partial charge on any atom is 0.160 e. The molecule has 0 aliphatic heterocycles. The third-order valence-corrected chi connectivity index (χ3v) is 8.01. The van der Waals surface area contributed by atoms with Crippen LogP contribution in [0.15, 0.2) is 136 Å². The van der Waals surface area contributed by atoms with Crippen molar-refractivity contribution in [1.29, 1.82) is 0 Å². The fraction of sp³-hybridized carbons (Fsp3) is 0. The normalized spacial score (nSPS) is 12.1. The summed E-state index contributed by atoms with van der Waals surface area (Å²) in [5.74, 6) is 0. The number of hydrogen-bond donors (Lipinski definition) is 0. The molecule has 9 rings (SSSR count). The van der Waals surface area contributed by atoms with Gasteiger partial charge in [0.2, 0.25) is 0 Å². The van der Waals surface area contributed by atoms with E-state index in [1.165, 1.54) is 11.1 Å². The molecule has 3 heteroatoms. The first-order chi connectivity index (χ1) is 19.3. The van der Waals surface area contributed by atoms with Crippen molar-refractivity contribution in [3.63, 3.8) is 0 Å². The van der Waals surface area contributed by atoms with Crippen molar-refractivity contribution in [2.75, 3.05) is 0 Å². The first-order valence-corrected chi connectivity index (χ1v) is 13.2. The molecule has 6 aromatic carbocycles. The Bertz CT molecular complexity index is 2240. The van der Waals surface area contributed by atoms with Gasteiger partial charge in [-0.2, -0.15) is 0 Å². The van der Waals surface area contributed by atoms with Crippen LogP contribution in [-0.4, -0.2) is 4.57 Å². The molecular formula is C36H21NO2. The van der Waals surface area contributed by atoms with E-state index in [1.54, 1.807) is 0 Å². The molecule has 0 N–H and O–H groups in total. The van der Waals surface area contributed by atoms with Gasteiger partial charge >= 0.3 is 0 Å². The van der Waals surface area contributed by atoms with Crippen LogP contribution in [0.25, 0.3) is 82.5 Å². The Balaban J connectivity index is 1.46. The van der Waals surface area contributed by atoms with Crippen LogP contribution in [0.2, 0.25) is 0 Å². The molecule has 3 nitrogen and oxygen atoms in total. The van der Waals surface area contributed by atoms with Crippen LogP contribution in [0, 0.1) is 0 Å². The van der Waals surface area contributed by atoms with E-state index >= 15 is 0 Å². The summed E-state index contributed by atoms with van der Waals surface area (Å²) in [5, 5.41) is 6.77. The minimum absolute atomic E-state index is 0.890. The highest BCUT2D eigenvalue weighted by Gasteiger charge is 2.22. The van der Waals surface area contributed by atoms with Crippen LogP contribution in [0.5, 0.6) is 0 Å². The van der Waals surface area contributed by atoms with Gasteiger partial charge in [-0.1, -0.05) is 91.0 Å². The number of para-hydroxylation sites is 2. The highest BCUT2D eigenvalue weighted by molar-refractivity contribution is 6.26. The largest absolute Gasteiger partial charge is 0.454 e. The number of fused-ring (bicyclic) bond motifs is 11. The molecule has 0 saturated carbocycles. The molecule has 0 spiro atoms. The average molecular weight is 500 g/mol. The molecule has 182 valence electrons. The average Bonchev–Trinajstić information content (AvgIpc) is 3.67. The van der Waals surface area contributed by atoms with Gasteiger partial charge in [0.15, 0.2) is 11.2 Å². The topological polar surface area (TPSA) is 31.2 Å². The minimum atomic E-state index is 0.890. The van der Waals surface area contributed by atoms with Gasteiger partial charge in [-0.3, -0.25) is 0 Å². The van der Waals surface area contributed by atoms with E-state index in [4.69, 9.17) is 8.83 Å². The van der Waals surface area contributed by atoms with Gasteiger partial charge in [-0.15, -0.1) is 0 Å². The Hall–Kier alpha value is -5.28. The lowest BCUT2D eigenvalue weighted by Crippen LogP contribution is -1.94. The number of nitrogens with zero attached hydrogens (tertiary/aromatic N) is 1. The Morgan fingerprint density at radius 1 is 0.359 bits per heavy atom.